The first-order chi connectivity index (χ1) is 6.98. The van der Waals surface area contributed by atoms with E-state index in [0.717, 1.165) is 0 Å². The van der Waals surface area contributed by atoms with Crippen LogP contribution in [-0.2, 0) is 19.0 Å². The number of hydrogen-bond donors (Lipinski definition) is 1. The highest BCUT2D eigenvalue weighted by molar-refractivity contribution is 5.71. The van der Waals surface area contributed by atoms with E-state index in [0.29, 0.717) is 19.4 Å². The third-order valence-corrected chi connectivity index (χ3v) is 2.80. The fourth-order valence-corrected chi connectivity index (χ4v) is 1.96. The molecule has 0 aromatic rings. The highest BCUT2D eigenvalue weighted by atomic mass is 16.7. The smallest absolute Gasteiger partial charge is 0.306 e. The van der Waals surface area contributed by atoms with Gasteiger partial charge in [0.15, 0.2) is 5.79 Å². The van der Waals surface area contributed by atoms with Crippen LogP contribution >= 0.6 is 0 Å². The van der Waals surface area contributed by atoms with Crippen LogP contribution in [0.15, 0.2) is 0 Å². The lowest BCUT2D eigenvalue weighted by molar-refractivity contribution is -0.150. The second-order valence-electron chi connectivity index (χ2n) is 4.51. The quantitative estimate of drug-likeness (QED) is 0.665. The van der Waals surface area contributed by atoms with Crippen molar-refractivity contribution in [1.29, 1.82) is 0 Å². The van der Waals surface area contributed by atoms with Crippen LogP contribution in [0.1, 0.15) is 26.7 Å². The van der Waals surface area contributed by atoms with Crippen LogP contribution in [0.4, 0.5) is 0 Å². The molecule has 0 spiro atoms. The molecule has 2 N–H and O–H groups in total. The van der Waals surface area contributed by atoms with Gasteiger partial charge in [0.05, 0.1) is 12.6 Å². The largest absolute Gasteiger partial charge is 0.461 e. The van der Waals surface area contributed by atoms with Crippen LogP contribution in [0, 0.1) is 0 Å². The molecule has 3 atom stereocenters. The van der Waals surface area contributed by atoms with Gasteiger partial charge >= 0.3 is 5.97 Å². The lowest BCUT2D eigenvalue weighted by Gasteiger charge is -2.24. The van der Waals surface area contributed by atoms with Crippen LogP contribution in [-0.4, -0.2) is 36.6 Å². The monoisotopic (exact) mass is 215 g/mol. The Balaban J connectivity index is 1.91. The van der Waals surface area contributed by atoms with Crippen LogP contribution in [0.25, 0.3) is 0 Å². The molecule has 0 unspecified atom stereocenters. The van der Waals surface area contributed by atoms with Crippen molar-refractivity contribution in [3.63, 3.8) is 0 Å². The maximum absolute atomic E-state index is 11.0. The zero-order valence-corrected chi connectivity index (χ0v) is 9.06. The topological polar surface area (TPSA) is 70.8 Å². The van der Waals surface area contributed by atoms with Crippen LogP contribution in [0.5, 0.6) is 0 Å². The van der Waals surface area contributed by atoms with E-state index in [1.54, 1.807) is 0 Å². The Morgan fingerprint density at radius 3 is 2.67 bits per heavy atom. The van der Waals surface area contributed by atoms with E-state index >= 15 is 0 Å². The number of nitrogens with two attached hydrogens (primary N) is 1. The van der Waals surface area contributed by atoms with E-state index in [2.05, 4.69) is 0 Å². The van der Waals surface area contributed by atoms with Gasteiger partial charge in [-0.2, -0.15) is 0 Å². The summed E-state index contributed by atoms with van der Waals surface area (Å²) in [6.07, 6.45) is 0.728. The fourth-order valence-electron chi connectivity index (χ4n) is 1.96. The number of carbonyl (C=O) groups is 1. The van der Waals surface area contributed by atoms with E-state index in [4.69, 9.17) is 19.9 Å². The van der Waals surface area contributed by atoms with Crippen molar-refractivity contribution in [2.24, 2.45) is 5.73 Å². The van der Waals surface area contributed by atoms with E-state index in [1.165, 1.54) is 0 Å². The zero-order valence-electron chi connectivity index (χ0n) is 9.06. The predicted octanol–water partition coefficient (Wildman–Crippen LogP) is 0.171. The Morgan fingerprint density at radius 1 is 1.47 bits per heavy atom. The standard InChI is InChI=1S/C10H17NO4/c1-10(2)13-5-7(15-10)9(11)6-3-4-8(12)14-6/h6-7,9H,3-5,11H2,1-2H3/t6-,7+,9-/m0/s1. The molecule has 0 bridgehead atoms. The van der Waals surface area contributed by atoms with Crippen LogP contribution in [0.2, 0.25) is 0 Å². The van der Waals surface area contributed by atoms with Gasteiger partial charge in [-0.1, -0.05) is 0 Å². The molecular weight excluding hydrogens is 198 g/mol. The summed E-state index contributed by atoms with van der Waals surface area (Å²) in [6.45, 7) is 4.16. The molecule has 2 saturated heterocycles. The summed E-state index contributed by atoms with van der Waals surface area (Å²) in [7, 11) is 0. The molecule has 0 radical (unpaired) electrons. The van der Waals surface area contributed by atoms with E-state index in [-0.39, 0.29) is 24.2 Å². The second kappa shape index (κ2) is 3.73. The third-order valence-electron chi connectivity index (χ3n) is 2.80. The predicted molar refractivity (Wildman–Crippen MR) is 52.0 cm³/mol. The molecular formula is C10H17NO4. The average Bonchev–Trinajstić information content (AvgIpc) is 2.71. The maximum atomic E-state index is 11.0. The normalized spacial score (nSPS) is 36.6. The summed E-state index contributed by atoms with van der Waals surface area (Å²) in [4.78, 5) is 11.0. The molecule has 2 aliphatic heterocycles. The van der Waals surface area contributed by atoms with Gasteiger partial charge in [-0.3, -0.25) is 4.79 Å². The van der Waals surface area contributed by atoms with Gasteiger partial charge in [0.2, 0.25) is 0 Å². The molecule has 0 saturated carbocycles. The van der Waals surface area contributed by atoms with Gasteiger partial charge in [0.25, 0.3) is 0 Å². The first kappa shape index (κ1) is 10.9. The molecule has 0 aliphatic carbocycles. The van der Waals surface area contributed by atoms with Crippen molar-refractivity contribution in [2.75, 3.05) is 6.61 Å². The Labute approximate surface area is 88.9 Å². The Morgan fingerprint density at radius 2 is 2.20 bits per heavy atom. The molecule has 0 amide bonds. The summed E-state index contributed by atoms with van der Waals surface area (Å²) in [6, 6.07) is -0.293. The van der Waals surface area contributed by atoms with Crippen molar-refractivity contribution in [3.8, 4) is 0 Å². The van der Waals surface area contributed by atoms with Crippen molar-refractivity contribution in [2.45, 2.75) is 50.7 Å². The number of rotatable bonds is 2. The molecule has 5 heteroatoms. The van der Waals surface area contributed by atoms with Gasteiger partial charge < -0.3 is 19.9 Å². The minimum absolute atomic E-state index is 0.173. The summed E-state index contributed by atoms with van der Waals surface area (Å²) in [5.74, 6) is -0.751. The molecule has 5 nitrogen and oxygen atoms in total. The number of carbonyl (C=O) groups excluding carboxylic acids is 1. The molecule has 2 heterocycles. The minimum atomic E-state index is -0.578. The maximum Gasteiger partial charge on any atom is 0.306 e. The number of ether oxygens (including phenoxy) is 3. The highest BCUT2D eigenvalue weighted by Crippen LogP contribution is 2.27. The molecule has 2 aliphatic rings. The van der Waals surface area contributed by atoms with Gasteiger partial charge in [0.1, 0.15) is 12.2 Å². The van der Waals surface area contributed by atoms with Crippen LogP contribution < -0.4 is 5.73 Å². The van der Waals surface area contributed by atoms with Gasteiger partial charge in [0, 0.05) is 6.42 Å². The first-order valence-corrected chi connectivity index (χ1v) is 5.25. The molecule has 15 heavy (non-hydrogen) atoms. The number of hydrogen-bond acceptors (Lipinski definition) is 5. The number of esters is 1. The van der Waals surface area contributed by atoms with E-state index in [1.807, 2.05) is 13.8 Å². The lowest BCUT2D eigenvalue weighted by atomic mass is 10.0. The zero-order chi connectivity index (χ0) is 11.1. The minimum Gasteiger partial charge on any atom is -0.461 e. The molecule has 2 fully saturated rings. The summed E-state index contributed by atoms with van der Waals surface area (Å²) in [5.41, 5.74) is 5.99. The third kappa shape index (κ3) is 2.30. The average molecular weight is 215 g/mol. The lowest BCUT2D eigenvalue weighted by Crippen LogP contribution is -2.46. The summed E-state index contributed by atoms with van der Waals surface area (Å²) < 4.78 is 16.1. The van der Waals surface area contributed by atoms with Gasteiger partial charge in [-0.15, -0.1) is 0 Å². The van der Waals surface area contributed by atoms with Crippen LogP contribution in [0.3, 0.4) is 0 Å². The van der Waals surface area contributed by atoms with Crippen molar-refractivity contribution >= 4 is 5.97 Å². The van der Waals surface area contributed by atoms with Crippen molar-refractivity contribution < 1.29 is 19.0 Å². The van der Waals surface area contributed by atoms with E-state index < -0.39 is 5.79 Å². The van der Waals surface area contributed by atoms with E-state index in [9.17, 15) is 4.79 Å². The van der Waals surface area contributed by atoms with Crippen molar-refractivity contribution in [3.05, 3.63) is 0 Å². The van der Waals surface area contributed by atoms with Gasteiger partial charge in [-0.25, -0.2) is 0 Å². The molecule has 2 rings (SSSR count). The Bertz CT molecular complexity index is 266. The molecule has 86 valence electrons. The first-order valence-electron chi connectivity index (χ1n) is 5.25. The Hall–Kier alpha value is -0.650. The van der Waals surface area contributed by atoms with Crippen molar-refractivity contribution in [1.82, 2.24) is 0 Å². The fraction of sp³-hybridized carbons (Fsp3) is 0.900. The highest BCUT2D eigenvalue weighted by Gasteiger charge is 2.41. The summed E-state index contributed by atoms with van der Waals surface area (Å²) in [5, 5.41) is 0. The SMILES string of the molecule is CC1(C)OC[C@H]([C@@H](N)[C@@H]2CCC(=O)O2)O1. The summed E-state index contributed by atoms with van der Waals surface area (Å²) >= 11 is 0. The second-order valence-corrected chi connectivity index (χ2v) is 4.51. The Kier molecular flexibility index (Phi) is 2.70. The molecule has 0 aromatic carbocycles. The van der Waals surface area contributed by atoms with Gasteiger partial charge in [-0.05, 0) is 20.3 Å². The number of cyclic esters (lactones) is 1. The molecule has 0 aromatic heterocycles.